The summed E-state index contributed by atoms with van der Waals surface area (Å²) in [6, 6.07) is 8.46. The number of nitrogens with zero attached hydrogens (tertiary/aromatic N) is 1. The number of halogens is 1. The van der Waals surface area contributed by atoms with Crippen LogP contribution >= 0.6 is 0 Å². The molecule has 1 amide bonds. The summed E-state index contributed by atoms with van der Waals surface area (Å²) in [4.78, 5) is 39.5. The van der Waals surface area contributed by atoms with Gasteiger partial charge >= 0.3 is 11.9 Å². The number of nitrogens with one attached hydrogen (secondary N) is 1. The molecule has 3 N–H and O–H groups in total. The maximum atomic E-state index is 13.1. The quantitative estimate of drug-likeness (QED) is 0.530. The van der Waals surface area contributed by atoms with E-state index in [-0.39, 0.29) is 22.3 Å². The molecule has 0 saturated carbocycles. The molecule has 8 nitrogen and oxygen atoms in total. The van der Waals surface area contributed by atoms with Crippen molar-refractivity contribution in [1.29, 1.82) is 0 Å². The van der Waals surface area contributed by atoms with Gasteiger partial charge in [0.1, 0.15) is 23.4 Å². The third-order valence-electron chi connectivity index (χ3n) is 4.42. The Morgan fingerprint density at radius 1 is 1.10 bits per heavy atom. The van der Waals surface area contributed by atoms with Crippen molar-refractivity contribution in [2.75, 3.05) is 13.7 Å². The van der Waals surface area contributed by atoms with Crippen molar-refractivity contribution in [3.63, 3.8) is 0 Å². The number of carbonyl (C=O) groups is 3. The van der Waals surface area contributed by atoms with Gasteiger partial charge < -0.3 is 20.3 Å². The molecule has 0 spiro atoms. The fourth-order valence-electron chi connectivity index (χ4n) is 2.93. The van der Waals surface area contributed by atoms with E-state index in [0.717, 1.165) is 11.6 Å². The van der Waals surface area contributed by atoms with Gasteiger partial charge in [0.15, 0.2) is 5.75 Å². The minimum Gasteiger partial charge on any atom is -0.505 e. The lowest BCUT2D eigenvalue weighted by atomic mass is 9.99. The van der Waals surface area contributed by atoms with Gasteiger partial charge in [0.2, 0.25) is 0 Å². The molecule has 0 aliphatic rings. The third kappa shape index (κ3) is 4.35. The standard InChI is InChI=1S/C21H17FN2O6/c1-30-17(25)10-24-20(27)15-8-16(21(28)29)19(26)18-14(15)7-12(9-23-18)6-11-2-4-13(22)5-3-11/h2-5,7-9,26H,6,10H2,1H3,(H,24,27)(H,28,29). The lowest BCUT2D eigenvalue weighted by Gasteiger charge is -2.12. The average molecular weight is 412 g/mol. The highest BCUT2D eigenvalue weighted by atomic mass is 19.1. The predicted octanol–water partition coefficient (Wildman–Crippen LogP) is 2.27. The number of amides is 1. The van der Waals surface area contributed by atoms with Gasteiger partial charge in [-0.05, 0) is 41.8 Å². The van der Waals surface area contributed by atoms with E-state index in [9.17, 15) is 29.0 Å². The summed E-state index contributed by atoms with van der Waals surface area (Å²) in [5, 5.41) is 22.2. The molecule has 0 aliphatic heterocycles. The molecule has 0 bridgehead atoms. The van der Waals surface area contributed by atoms with Crippen LogP contribution in [-0.2, 0) is 16.0 Å². The Hall–Kier alpha value is -4.01. The van der Waals surface area contributed by atoms with Crippen molar-refractivity contribution in [1.82, 2.24) is 10.3 Å². The van der Waals surface area contributed by atoms with E-state index in [1.165, 1.54) is 25.4 Å². The summed E-state index contributed by atoms with van der Waals surface area (Å²) < 4.78 is 17.6. The molecule has 3 rings (SSSR count). The van der Waals surface area contributed by atoms with Crippen molar-refractivity contribution in [3.8, 4) is 5.75 Å². The molecule has 0 aliphatic carbocycles. The fourth-order valence-corrected chi connectivity index (χ4v) is 2.93. The lowest BCUT2D eigenvalue weighted by molar-refractivity contribution is -0.139. The van der Waals surface area contributed by atoms with E-state index in [4.69, 9.17) is 0 Å². The summed E-state index contributed by atoms with van der Waals surface area (Å²) in [5.41, 5.74) is 0.808. The monoisotopic (exact) mass is 412 g/mol. The Balaban J connectivity index is 2.07. The number of hydrogen-bond donors (Lipinski definition) is 3. The van der Waals surface area contributed by atoms with E-state index in [0.29, 0.717) is 12.0 Å². The SMILES string of the molecule is COC(=O)CNC(=O)c1cc(C(=O)O)c(O)c2ncc(Cc3ccc(F)cc3)cc12. The van der Waals surface area contributed by atoms with Gasteiger partial charge in [0.05, 0.1) is 7.11 Å². The Morgan fingerprint density at radius 2 is 1.80 bits per heavy atom. The summed E-state index contributed by atoms with van der Waals surface area (Å²) in [6.07, 6.45) is 1.81. The average Bonchev–Trinajstić information content (AvgIpc) is 2.73. The van der Waals surface area contributed by atoms with Gasteiger partial charge in [-0.1, -0.05) is 12.1 Å². The first kappa shape index (κ1) is 20.7. The van der Waals surface area contributed by atoms with Crippen molar-refractivity contribution in [2.45, 2.75) is 6.42 Å². The zero-order valence-corrected chi connectivity index (χ0v) is 15.8. The number of rotatable bonds is 6. The van der Waals surface area contributed by atoms with Gasteiger partial charge in [0.25, 0.3) is 5.91 Å². The first-order valence-electron chi connectivity index (χ1n) is 8.77. The minimum absolute atomic E-state index is 0.0685. The highest BCUT2D eigenvalue weighted by molar-refractivity contribution is 6.11. The van der Waals surface area contributed by atoms with Crippen molar-refractivity contribution < 1.29 is 33.7 Å². The van der Waals surface area contributed by atoms with Crippen LogP contribution in [0.25, 0.3) is 10.9 Å². The number of pyridine rings is 1. The van der Waals surface area contributed by atoms with Gasteiger partial charge in [-0.25, -0.2) is 9.18 Å². The summed E-state index contributed by atoms with van der Waals surface area (Å²) >= 11 is 0. The molecule has 1 aromatic heterocycles. The van der Waals surface area contributed by atoms with E-state index in [1.54, 1.807) is 18.2 Å². The first-order chi connectivity index (χ1) is 14.3. The summed E-state index contributed by atoms with van der Waals surface area (Å²) in [6.45, 7) is -0.414. The number of benzene rings is 2. The van der Waals surface area contributed by atoms with Crippen LogP contribution in [0.15, 0.2) is 42.6 Å². The maximum absolute atomic E-state index is 13.1. The third-order valence-corrected chi connectivity index (χ3v) is 4.42. The van der Waals surface area contributed by atoms with Crippen LogP contribution in [0, 0.1) is 5.82 Å². The zero-order chi connectivity index (χ0) is 21.8. The molecule has 0 atom stereocenters. The number of phenols is 1. The number of carbonyl (C=O) groups excluding carboxylic acids is 2. The lowest BCUT2D eigenvalue weighted by Crippen LogP contribution is -2.30. The molecule has 3 aromatic rings. The first-order valence-corrected chi connectivity index (χ1v) is 8.77. The van der Waals surface area contributed by atoms with Gasteiger partial charge in [-0.15, -0.1) is 0 Å². The van der Waals surface area contributed by atoms with Gasteiger partial charge in [-0.2, -0.15) is 0 Å². The number of aromatic nitrogens is 1. The largest absolute Gasteiger partial charge is 0.505 e. The molecule has 0 radical (unpaired) electrons. The number of methoxy groups -OCH3 is 1. The maximum Gasteiger partial charge on any atom is 0.339 e. The number of carboxylic acids is 1. The van der Waals surface area contributed by atoms with E-state index < -0.39 is 35.7 Å². The smallest absolute Gasteiger partial charge is 0.339 e. The second-order valence-electron chi connectivity index (χ2n) is 6.43. The summed E-state index contributed by atoms with van der Waals surface area (Å²) in [7, 11) is 1.17. The second kappa shape index (κ2) is 8.56. The highest BCUT2D eigenvalue weighted by Gasteiger charge is 2.22. The molecule has 2 aromatic carbocycles. The molecule has 0 fully saturated rings. The normalized spacial score (nSPS) is 10.6. The van der Waals surface area contributed by atoms with Crippen molar-refractivity contribution in [3.05, 3.63) is 70.7 Å². The number of aromatic hydroxyl groups is 1. The molecule has 154 valence electrons. The van der Waals surface area contributed by atoms with Crippen LogP contribution in [0.1, 0.15) is 31.8 Å². The van der Waals surface area contributed by atoms with Crippen LogP contribution in [0.3, 0.4) is 0 Å². The molecule has 0 unspecified atom stereocenters. The highest BCUT2D eigenvalue weighted by Crippen LogP contribution is 2.31. The van der Waals surface area contributed by atoms with Crippen LogP contribution in [0.2, 0.25) is 0 Å². The van der Waals surface area contributed by atoms with Gasteiger partial charge in [-0.3, -0.25) is 14.6 Å². The Labute approximate surface area is 169 Å². The van der Waals surface area contributed by atoms with Crippen LogP contribution in [0.4, 0.5) is 4.39 Å². The van der Waals surface area contributed by atoms with Crippen LogP contribution < -0.4 is 5.32 Å². The molecule has 30 heavy (non-hydrogen) atoms. The van der Waals surface area contributed by atoms with Crippen LogP contribution in [-0.4, -0.2) is 46.7 Å². The number of esters is 1. The second-order valence-corrected chi connectivity index (χ2v) is 6.43. The number of aromatic carboxylic acids is 1. The van der Waals surface area contributed by atoms with Crippen LogP contribution in [0.5, 0.6) is 5.75 Å². The molecular weight excluding hydrogens is 395 g/mol. The molecule has 0 saturated heterocycles. The fraction of sp³-hybridized carbons (Fsp3) is 0.143. The zero-order valence-electron chi connectivity index (χ0n) is 15.8. The topological polar surface area (TPSA) is 126 Å². The Kier molecular flexibility index (Phi) is 5.91. The van der Waals surface area contributed by atoms with E-state index in [2.05, 4.69) is 15.0 Å². The predicted molar refractivity (Wildman–Crippen MR) is 104 cm³/mol. The Morgan fingerprint density at radius 3 is 2.43 bits per heavy atom. The Bertz CT molecular complexity index is 1140. The van der Waals surface area contributed by atoms with E-state index >= 15 is 0 Å². The number of carboxylic acid groups (broad SMARTS) is 1. The number of fused-ring (bicyclic) bond motifs is 1. The van der Waals surface area contributed by atoms with Gasteiger partial charge in [0, 0.05) is 17.1 Å². The number of ether oxygens (including phenoxy) is 1. The minimum atomic E-state index is -1.44. The van der Waals surface area contributed by atoms with E-state index in [1.807, 2.05) is 0 Å². The molecule has 1 heterocycles. The summed E-state index contributed by atoms with van der Waals surface area (Å²) in [5.74, 6) is -3.79. The van der Waals surface area contributed by atoms with Crippen molar-refractivity contribution >= 4 is 28.7 Å². The number of hydrogen-bond acceptors (Lipinski definition) is 6. The molecular formula is C21H17FN2O6. The van der Waals surface area contributed by atoms with Crippen molar-refractivity contribution in [2.24, 2.45) is 0 Å². The molecule has 9 heteroatoms.